The van der Waals surface area contributed by atoms with Gasteiger partial charge in [0.05, 0.1) is 0 Å². The molecule has 4 nitrogen and oxygen atoms in total. The molecule has 1 aliphatic carbocycles. The minimum Gasteiger partial charge on any atom is -0.385 e. The first kappa shape index (κ1) is 20.7. The van der Waals surface area contributed by atoms with Gasteiger partial charge in [0, 0.05) is 48.9 Å². The highest BCUT2D eigenvalue weighted by Gasteiger charge is 2.27. The highest BCUT2D eigenvalue weighted by Crippen LogP contribution is 2.39. The van der Waals surface area contributed by atoms with E-state index < -0.39 is 0 Å². The number of carbonyl (C=O) groups excluding carboxylic acids is 1. The van der Waals surface area contributed by atoms with Gasteiger partial charge in [-0.3, -0.25) is 4.79 Å². The molecule has 4 rings (SSSR count). The van der Waals surface area contributed by atoms with Crippen molar-refractivity contribution in [3.8, 4) is 0 Å². The Labute approximate surface area is 173 Å². The number of nitrogens with one attached hydrogen (secondary N) is 2. The predicted molar refractivity (Wildman–Crippen MR) is 118 cm³/mol. The van der Waals surface area contributed by atoms with E-state index in [1.54, 1.807) is 0 Å². The van der Waals surface area contributed by atoms with Gasteiger partial charge in [-0.15, -0.1) is 0 Å². The van der Waals surface area contributed by atoms with Crippen LogP contribution in [0, 0.1) is 5.92 Å². The number of carbonyl (C=O) groups is 1. The zero-order valence-corrected chi connectivity index (χ0v) is 16.6. The molecule has 28 heavy (non-hydrogen) atoms. The number of nitrogens with zero attached hydrogens (tertiary/aromatic N) is 1. The summed E-state index contributed by atoms with van der Waals surface area (Å²) < 4.78 is 0. The first-order chi connectivity index (χ1) is 13.0. The summed E-state index contributed by atoms with van der Waals surface area (Å²) >= 11 is 6.66. The normalized spacial score (nSPS) is 18.8. The van der Waals surface area contributed by atoms with Crippen LogP contribution >= 0.6 is 11.6 Å². The van der Waals surface area contributed by atoms with Crippen LogP contribution in [-0.4, -0.2) is 30.9 Å². The van der Waals surface area contributed by atoms with Crippen molar-refractivity contribution in [2.75, 3.05) is 30.8 Å². The summed E-state index contributed by atoms with van der Waals surface area (Å²) in [5.41, 5.74) is 5.72. The zero-order valence-electron chi connectivity index (χ0n) is 15.9. The highest BCUT2D eigenvalue weighted by atomic mass is 35.5. The van der Waals surface area contributed by atoms with Gasteiger partial charge >= 0.3 is 0 Å². The molecule has 1 aliphatic heterocycles. The number of halogens is 1. The van der Waals surface area contributed by atoms with E-state index in [0.717, 1.165) is 41.9 Å². The Kier molecular flexibility index (Phi) is 6.31. The lowest BCUT2D eigenvalue weighted by Gasteiger charge is -2.34. The summed E-state index contributed by atoms with van der Waals surface area (Å²) in [5.74, 6) is 1.04. The second-order valence-corrected chi connectivity index (χ2v) is 8.31. The van der Waals surface area contributed by atoms with Crippen molar-refractivity contribution in [3.63, 3.8) is 0 Å². The Hall–Kier alpha value is -2.04. The maximum atomic E-state index is 11.3. The number of likely N-dealkylation sites (N-methyl/N-ethyl adjacent to an activating group) is 1. The van der Waals surface area contributed by atoms with Gasteiger partial charge in [-0.2, -0.15) is 0 Å². The summed E-state index contributed by atoms with van der Waals surface area (Å²) in [6, 6.07) is 12.5. The molecule has 1 fully saturated rings. The second-order valence-electron chi connectivity index (χ2n) is 7.90. The predicted octanol–water partition coefficient (Wildman–Crippen LogP) is 5.33. The van der Waals surface area contributed by atoms with Crippen molar-refractivity contribution in [2.45, 2.75) is 39.7 Å². The van der Waals surface area contributed by atoms with Crippen molar-refractivity contribution in [1.82, 2.24) is 4.90 Å². The number of anilines is 2. The van der Waals surface area contributed by atoms with Crippen LogP contribution in [0.15, 0.2) is 36.4 Å². The third kappa shape index (κ3) is 4.68. The number of rotatable bonds is 5. The number of hydrogen-bond donors (Lipinski definition) is 2. The van der Waals surface area contributed by atoms with Gasteiger partial charge < -0.3 is 15.5 Å². The van der Waals surface area contributed by atoms with Crippen LogP contribution in [0.2, 0.25) is 5.02 Å². The lowest BCUT2D eigenvalue weighted by Crippen LogP contribution is -2.31. The average Bonchev–Trinajstić information content (AvgIpc) is 3.45. The van der Waals surface area contributed by atoms with Crippen LogP contribution < -0.4 is 10.6 Å². The Balaban J connectivity index is 0.00000225. The average molecular weight is 400 g/mol. The Morgan fingerprint density at radius 3 is 2.54 bits per heavy atom. The van der Waals surface area contributed by atoms with E-state index in [1.165, 1.54) is 36.5 Å². The van der Waals surface area contributed by atoms with Crippen molar-refractivity contribution >= 4 is 28.9 Å². The molecule has 0 spiro atoms. The molecule has 2 N–H and O–H groups in total. The van der Waals surface area contributed by atoms with Gasteiger partial charge in [0.1, 0.15) is 0 Å². The van der Waals surface area contributed by atoms with E-state index in [1.807, 2.05) is 12.1 Å². The quantitative estimate of drug-likeness (QED) is 0.713. The Morgan fingerprint density at radius 1 is 1.18 bits per heavy atom. The monoisotopic (exact) mass is 399 g/mol. The van der Waals surface area contributed by atoms with Crippen molar-refractivity contribution in [2.24, 2.45) is 5.92 Å². The number of hydrogen-bond acceptors (Lipinski definition) is 3. The van der Waals surface area contributed by atoms with Crippen molar-refractivity contribution in [1.29, 1.82) is 0 Å². The Morgan fingerprint density at radius 2 is 1.89 bits per heavy atom. The third-order valence-electron chi connectivity index (χ3n) is 5.45. The molecule has 5 heteroatoms. The molecule has 1 unspecified atom stereocenters. The van der Waals surface area contributed by atoms with Gasteiger partial charge in [0.15, 0.2) is 0 Å². The minimum absolute atomic E-state index is 0. The molecule has 1 heterocycles. The van der Waals surface area contributed by atoms with E-state index >= 15 is 0 Å². The zero-order chi connectivity index (χ0) is 19.0. The molecule has 1 atom stereocenters. The number of benzene rings is 2. The van der Waals surface area contributed by atoms with Crippen molar-refractivity contribution in [3.05, 3.63) is 58.1 Å². The molecule has 2 aromatic carbocycles. The molecule has 0 radical (unpaired) electrons. The maximum absolute atomic E-state index is 11.3. The summed E-state index contributed by atoms with van der Waals surface area (Å²) in [4.78, 5) is 13.6. The number of fused-ring (bicyclic) bond motifs is 1. The fourth-order valence-corrected chi connectivity index (χ4v) is 4.14. The third-order valence-corrected chi connectivity index (χ3v) is 5.79. The van der Waals surface area contributed by atoms with Gasteiger partial charge in [0.25, 0.3) is 0 Å². The van der Waals surface area contributed by atoms with Crippen LogP contribution in [0.25, 0.3) is 0 Å². The molecule has 0 saturated heterocycles. The largest absolute Gasteiger partial charge is 0.385 e. The summed E-state index contributed by atoms with van der Waals surface area (Å²) in [5, 5.41) is 7.24. The SMILES string of the molecule is C.CC(=O)Nc1ccc(C2CN(C)Cc3c(Cl)cc(NCC4CC4)cc32)cc1. The molecular weight excluding hydrogens is 370 g/mol. The minimum atomic E-state index is -0.0522. The lowest BCUT2D eigenvalue weighted by atomic mass is 9.84. The van der Waals surface area contributed by atoms with Crippen LogP contribution in [0.5, 0.6) is 0 Å². The molecule has 2 aliphatic rings. The molecule has 1 saturated carbocycles. The standard InChI is InChI=1S/C22H26ClN3O.CH4/c1-14(27)25-17-7-5-16(6-8-17)20-12-26(2)13-21-19(20)9-18(10-22(21)23)24-11-15-3-4-15;/h5-10,15,20,24H,3-4,11-13H2,1-2H3,(H,25,27);1H4. The maximum Gasteiger partial charge on any atom is 0.221 e. The fraction of sp³-hybridized carbons (Fsp3) is 0.435. The van der Waals surface area contributed by atoms with E-state index in [9.17, 15) is 4.79 Å². The topological polar surface area (TPSA) is 44.4 Å². The van der Waals surface area contributed by atoms with Crippen LogP contribution in [0.4, 0.5) is 11.4 Å². The molecule has 150 valence electrons. The molecular formula is C23H30ClN3O. The Bertz CT molecular complexity index is 846. The van der Waals surface area contributed by atoms with E-state index in [-0.39, 0.29) is 19.3 Å². The van der Waals surface area contributed by atoms with Gasteiger partial charge in [-0.25, -0.2) is 0 Å². The van der Waals surface area contributed by atoms with Crippen molar-refractivity contribution < 1.29 is 4.79 Å². The van der Waals surface area contributed by atoms with Gasteiger partial charge in [-0.1, -0.05) is 31.2 Å². The van der Waals surface area contributed by atoms with E-state index in [4.69, 9.17) is 11.6 Å². The van der Waals surface area contributed by atoms with Crippen LogP contribution in [-0.2, 0) is 11.3 Å². The van der Waals surface area contributed by atoms with Gasteiger partial charge in [0.2, 0.25) is 5.91 Å². The first-order valence-corrected chi connectivity index (χ1v) is 9.99. The fourth-order valence-electron chi connectivity index (χ4n) is 3.85. The number of amides is 1. The van der Waals surface area contributed by atoms with Crippen LogP contribution in [0.1, 0.15) is 49.8 Å². The smallest absolute Gasteiger partial charge is 0.221 e. The van der Waals surface area contributed by atoms with E-state index in [2.05, 4.69) is 46.8 Å². The summed E-state index contributed by atoms with van der Waals surface area (Å²) in [6.45, 7) is 4.38. The van der Waals surface area contributed by atoms with E-state index in [0.29, 0.717) is 0 Å². The molecule has 0 aromatic heterocycles. The van der Waals surface area contributed by atoms with Crippen LogP contribution in [0.3, 0.4) is 0 Å². The summed E-state index contributed by atoms with van der Waals surface area (Å²) in [7, 11) is 2.14. The molecule has 1 amide bonds. The first-order valence-electron chi connectivity index (χ1n) is 9.62. The second kappa shape index (κ2) is 8.54. The molecule has 2 aromatic rings. The highest BCUT2D eigenvalue weighted by molar-refractivity contribution is 6.31. The lowest BCUT2D eigenvalue weighted by molar-refractivity contribution is -0.114. The molecule has 0 bridgehead atoms. The van der Waals surface area contributed by atoms with Gasteiger partial charge in [-0.05, 0) is 66.8 Å². The summed E-state index contributed by atoms with van der Waals surface area (Å²) in [6.07, 6.45) is 2.67.